The highest BCUT2D eigenvalue weighted by Crippen LogP contribution is 2.19. The summed E-state index contributed by atoms with van der Waals surface area (Å²) in [6.45, 7) is 12.1. The van der Waals surface area contributed by atoms with E-state index in [1.807, 2.05) is 0 Å². The highest BCUT2D eigenvalue weighted by Gasteiger charge is 2.15. The van der Waals surface area contributed by atoms with Crippen molar-refractivity contribution in [2.45, 2.75) is 129 Å². The van der Waals surface area contributed by atoms with Crippen molar-refractivity contribution in [3.63, 3.8) is 0 Å². The third-order valence-electron chi connectivity index (χ3n) is 5.17. The molecule has 0 aliphatic rings. The predicted octanol–water partition coefficient (Wildman–Crippen LogP) is 7.03. The van der Waals surface area contributed by atoms with Gasteiger partial charge in [-0.15, -0.1) is 0 Å². The quantitative estimate of drug-likeness (QED) is 0.175. The van der Waals surface area contributed by atoms with Gasteiger partial charge in [-0.25, -0.2) is 0 Å². The van der Waals surface area contributed by atoms with E-state index in [-0.39, 0.29) is 0 Å². The smallest absolute Gasteiger partial charge is 0.125 e. The molecule has 2 atom stereocenters. The van der Waals surface area contributed by atoms with Gasteiger partial charge in [-0.3, -0.25) is 0 Å². The summed E-state index contributed by atoms with van der Waals surface area (Å²) in [5.74, 6) is 0.620. The maximum atomic E-state index is 10.2. The Kier molecular flexibility index (Phi) is 18.0. The molecule has 0 heterocycles. The molecule has 0 radical (unpaired) electrons. The molecular formula is C24H46O3. The zero-order valence-electron chi connectivity index (χ0n) is 18.2. The number of hydrogen-bond donors (Lipinski definition) is 2. The van der Waals surface area contributed by atoms with Gasteiger partial charge in [0.1, 0.15) is 23.7 Å². The van der Waals surface area contributed by atoms with Gasteiger partial charge < -0.3 is 14.9 Å². The first kappa shape index (κ1) is 26.2. The van der Waals surface area contributed by atoms with E-state index in [0.29, 0.717) is 24.4 Å². The highest BCUT2D eigenvalue weighted by atomic mass is 16.5. The topological polar surface area (TPSA) is 49.7 Å². The van der Waals surface area contributed by atoms with E-state index in [1.54, 1.807) is 0 Å². The molecule has 0 aliphatic carbocycles. The molecule has 0 aromatic carbocycles. The van der Waals surface area contributed by atoms with Crippen LogP contribution in [-0.4, -0.2) is 22.4 Å². The van der Waals surface area contributed by atoms with Gasteiger partial charge in [0.2, 0.25) is 0 Å². The number of rotatable bonds is 20. The van der Waals surface area contributed by atoms with E-state index >= 15 is 0 Å². The highest BCUT2D eigenvalue weighted by molar-refractivity contribution is 5.01. The van der Waals surface area contributed by atoms with Crippen LogP contribution >= 0.6 is 0 Å². The molecule has 0 spiro atoms. The Labute approximate surface area is 168 Å². The second kappa shape index (κ2) is 18.6. The van der Waals surface area contributed by atoms with Gasteiger partial charge in [0, 0.05) is 0 Å². The summed E-state index contributed by atoms with van der Waals surface area (Å²) in [5.41, 5.74) is 0. The minimum Gasteiger partial charge on any atom is -0.462 e. The lowest BCUT2D eigenvalue weighted by atomic mass is 10.1. The SMILES string of the molecule is C=C(OC(=C)C(O)CCCCCCCCC)C(O)CCCCCCCCC. The average Bonchev–Trinajstić information content (AvgIpc) is 2.66. The van der Waals surface area contributed by atoms with E-state index < -0.39 is 12.2 Å². The molecule has 0 fully saturated rings. The number of hydrogen-bond acceptors (Lipinski definition) is 3. The summed E-state index contributed by atoms with van der Waals surface area (Å²) < 4.78 is 5.51. The van der Waals surface area contributed by atoms with Crippen molar-refractivity contribution in [2.24, 2.45) is 0 Å². The lowest BCUT2D eigenvalue weighted by molar-refractivity contribution is 0.0824. The van der Waals surface area contributed by atoms with E-state index in [1.165, 1.54) is 64.2 Å². The third-order valence-corrected chi connectivity index (χ3v) is 5.17. The fourth-order valence-electron chi connectivity index (χ4n) is 3.22. The number of unbranched alkanes of at least 4 members (excludes halogenated alkanes) is 12. The van der Waals surface area contributed by atoms with Crippen LogP contribution in [0.15, 0.2) is 24.7 Å². The fraction of sp³-hybridized carbons (Fsp3) is 0.833. The first-order valence-electron chi connectivity index (χ1n) is 11.4. The Bertz CT molecular complexity index is 331. The summed E-state index contributed by atoms with van der Waals surface area (Å²) in [5, 5.41) is 20.3. The van der Waals surface area contributed by atoms with Gasteiger partial charge in [-0.05, 0) is 12.8 Å². The molecular weight excluding hydrogens is 336 g/mol. The van der Waals surface area contributed by atoms with Gasteiger partial charge in [0.15, 0.2) is 0 Å². The van der Waals surface area contributed by atoms with Crippen molar-refractivity contribution >= 4 is 0 Å². The van der Waals surface area contributed by atoms with Crippen molar-refractivity contribution < 1.29 is 14.9 Å². The molecule has 27 heavy (non-hydrogen) atoms. The van der Waals surface area contributed by atoms with E-state index in [9.17, 15) is 10.2 Å². The summed E-state index contributed by atoms with van der Waals surface area (Å²) in [7, 11) is 0. The standard InChI is InChI=1S/C24H46O3/c1-5-7-9-11-13-15-17-19-23(25)21(3)27-22(4)24(26)20-18-16-14-12-10-8-6-2/h23-26H,3-20H2,1-2H3. The average molecular weight is 383 g/mol. The van der Waals surface area contributed by atoms with E-state index in [0.717, 1.165) is 25.7 Å². The molecule has 2 N–H and O–H groups in total. The maximum Gasteiger partial charge on any atom is 0.125 e. The van der Waals surface area contributed by atoms with Crippen LogP contribution in [0, 0.1) is 0 Å². The fourth-order valence-corrected chi connectivity index (χ4v) is 3.22. The van der Waals surface area contributed by atoms with Crippen LogP contribution in [0.3, 0.4) is 0 Å². The van der Waals surface area contributed by atoms with Gasteiger partial charge >= 0.3 is 0 Å². The summed E-state index contributed by atoms with van der Waals surface area (Å²) in [4.78, 5) is 0. The molecule has 0 aromatic heterocycles. The lowest BCUT2D eigenvalue weighted by Crippen LogP contribution is -2.17. The zero-order valence-corrected chi connectivity index (χ0v) is 18.2. The first-order valence-corrected chi connectivity index (χ1v) is 11.4. The second-order valence-electron chi connectivity index (χ2n) is 7.89. The van der Waals surface area contributed by atoms with Crippen LogP contribution in [0.1, 0.15) is 117 Å². The molecule has 0 aromatic rings. The molecule has 0 saturated heterocycles. The normalized spacial score (nSPS) is 13.3. The first-order chi connectivity index (χ1) is 13.0. The van der Waals surface area contributed by atoms with Crippen LogP contribution in [0.25, 0.3) is 0 Å². The van der Waals surface area contributed by atoms with Crippen molar-refractivity contribution in [3.05, 3.63) is 24.7 Å². The Balaban J connectivity index is 3.73. The van der Waals surface area contributed by atoms with E-state index in [2.05, 4.69) is 27.0 Å². The number of aliphatic hydroxyl groups excluding tert-OH is 2. The van der Waals surface area contributed by atoms with Crippen molar-refractivity contribution in [2.75, 3.05) is 0 Å². The third kappa shape index (κ3) is 15.9. The Morgan fingerprint density at radius 1 is 0.593 bits per heavy atom. The largest absolute Gasteiger partial charge is 0.462 e. The maximum absolute atomic E-state index is 10.2. The predicted molar refractivity (Wildman–Crippen MR) is 117 cm³/mol. The monoisotopic (exact) mass is 382 g/mol. The Hall–Kier alpha value is -0.800. The molecule has 0 rings (SSSR count). The second-order valence-corrected chi connectivity index (χ2v) is 7.89. The minimum atomic E-state index is -0.678. The molecule has 3 heteroatoms. The van der Waals surface area contributed by atoms with Crippen LogP contribution in [0.4, 0.5) is 0 Å². The summed E-state index contributed by atoms with van der Waals surface area (Å²) in [6.07, 6.45) is 17.0. The van der Waals surface area contributed by atoms with E-state index in [4.69, 9.17) is 4.74 Å². The van der Waals surface area contributed by atoms with Gasteiger partial charge in [-0.2, -0.15) is 0 Å². The molecule has 0 amide bonds. The number of ether oxygens (including phenoxy) is 1. The van der Waals surface area contributed by atoms with Gasteiger partial charge in [0.05, 0.1) is 0 Å². The Morgan fingerprint density at radius 2 is 0.889 bits per heavy atom. The molecule has 3 nitrogen and oxygen atoms in total. The molecule has 160 valence electrons. The van der Waals surface area contributed by atoms with Crippen molar-refractivity contribution in [3.8, 4) is 0 Å². The number of aliphatic hydroxyl groups is 2. The lowest BCUT2D eigenvalue weighted by Gasteiger charge is -2.19. The Morgan fingerprint density at radius 3 is 1.22 bits per heavy atom. The van der Waals surface area contributed by atoms with Crippen molar-refractivity contribution in [1.29, 1.82) is 0 Å². The van der Waals surface area contributed by atoms with Gasteiger partial charge in [-0.1, -0.05) is 117 Å². The molecule has 0 aliphatic heterocycles. The van der Waals surface area contributed by atoms with Crippen molar-refractivity contribution in [1.82, 2.24) is 0 Å². The summed E-state index contributed by atoms with van der Waals surface area (Å²) >= 11 is 0. The molecule has 0 saturated carbocycles. The zero-order chi connectivity index (χ0) is 20.3. The van der Waals surface area contributed by atoms with Crippen LogP contribution < -0.4 is 0 Å². The van der Waals surface area contributed by atoms with Crippen LogP contribution in [0.5, 0.6) is 0 Å². The van der Waals surface area contributed by atoms with Crippen LogP contribution in [-0.2, 0) is 4.74 Å². The summed E-state index contributed by atoms with van der Waals surface area (Å²) in [6, 6.07) is 0. The minimum absolute atomic E-state index is 0.310. The van der Waals surface area contributed by atoms with Gasteiger partial charge in [0.25, 0.3) is 0 Å². The van der Waals surface area contributed by atoms with Crippen LogP contribution in [0.2, 0.25) is 0 Å². The molecule has 0 bridgehead atoms. The molecule has 2 unspecified atom stereocenters.